The van der Waals surface area contributed by atoms with Crippen LogP contribution in [-0.4, -0.2) is 23.1 Å². The third-order valence-corrected chi connectivity index (χ3v) is 5.57. The number of fused-ring (bicyclic) bond motifs is 2. The van der Waals surface area contributed by atoms with Crippen LogP contribution in [0.1, 0.15) is 37.9 Å². The summed E-state index contributed by atoms with van der Waals surface area (Å²) < 4.78 is 0. The summed E-state index contributed by atoms with van der Waals surface area (Å²) in [5.41, 5.74) is 0.806. The number of H-pyrrole nitrogens is 1. The van der Waals surface area contributed by atoms with Crippen LogP contribution in [0.5, 0.6) is 0 Å². The number of para-hydroxylation sites is 1. The van der Waals surface area contributed by atoms with Gasteiger partial charge in [-0.15, -0.1) is 0 Å². The zero-order valence-electron chi connectivity index (χ0n) is 13.0. The number of aromatic nitrogens is 2. The van der Waals surface area contributed by atoms with Gasteiger partial charge < -0.3 is 9.88 Å². The van der Waals surface area contributed by atoms with Gasteiger partial charge in [-0.2, -0.15) is 0 Å². The van der Waals surface area contributed by atoms with Crippen molar-refractivity contribution in [2.45, 2.75) is 38.6 Å². The lowest BCUT2D eigenvalue weighted by atomic mass is 9.75. The number of quaternary nitrogens is 1. The average molecular weight is 298 g/mol. The van der Waals surface area contributed by atoms with Gasteiger partial charge >= 0.3 is 0 Å². The maximum Gasteiger partial charge on any atom is 0.258 e. The van der Waals surface area contributed by atoms with E-state index in [4.69, 9.17) is 0 Å². The predicted octanol–water partition coefficient (Wildman–Crippen LogP) is 1.52. The van der Waals surface area contributed by atoms with Crippen molar-refractivity contribution in [1.29, 1.82) is 0 Å². The lowest BCUT2D eigenvalue weighted by molar-refractivity contribution is -0.924. The van der Waals surface area contributed by atoms with E-state index in [1.165, 1.54) is 45.2 Å². The standard InChI is InChI=1S/C18H23N3O/c22-18-15-7-3-4-8-16(15)19-17(20-18)12-21-10-9-13-5-1-2-6-14(13)11-21/h3-4,7-8,13-14H,1-2,5-6,9-12H2,(H,19,20,22)/p+1/t13-,14-/m1/s1. The lowest BCUT2D eigenvalue weighted by Gasteiger charge is -2.38. The summed E-state index contributed by atoms with van der Waals surface area (Å²) in [6.45, 7) is 3.32. The fourth-order valence-electron chi connectivity index (χ4n) is 4.41. The second kappa shape index (κ2) is 5.84. The van der Waals surface area contributed by atoms with Crippen molar-refractivity contribution >= 4 is 10.9 Å². The summed E-state index contributed by atoms with van der Waals surface area (Å²) in [5.74, 6) is 2.69. The topological polar surface area (TPSA) is 50.2 Å². The maximum absolute atomic E-state index is 12.2. The predicted molar refractivity (Wildman–Crippen MR) is 86.8 cm³/mol. The molecule has 0 radical (unpaired) electrons. The Morgan fingerprint density at radius 2 is 1.95 bits per heavy atom. The smallest absolute Gasteiger partial charge is 0.258 e. The van der Waals surface area contributed by atoms with Gasteiger partial charge in [-0.3, -0.25) is 4.79 Å². The second-order valence-corrected chi connectivity index (χ2v) is 7.00. The van der Waals surface area contributed by atoms with Crippen LogP contribution < -0.4 is 10.5 Å². The molecule has 2 N–H and O–H groups in total. The van der Waals surface area contributed by atoms with E-state index in [0.717, 1.165) is 29.7 Å². The van der Waals surface area contributed by atoms with E-state index < -0.39 is 0 Å². The molecule has 0 spiro atoms. The molecule has 1 saturated heterocycles. The molecule has 2 aliphatic rings. The summed E-state index contributed by atoms with van der Waals surface area (Å²) in [5, 5.41) is 0.687. The summed E-state index contributed by atoms with van der Waals surface area (Å²) in [4.78, 5) is 21.4. The van der Waals surface area contributed by atoms with Gasteiger partial charge in [0.1, 0.15) is 6.54 Å². The monoisotopic (exact) mass is 298 g/mol. The van der Waals surface area contributed by atoms with Gasteiger partial charge in [-0.05, 0) is 37.3 Å². The zero-order valence-corrected chi connectivity index (χ0v) is 13.0. The summed E-state index contributed by atoms with van der Waals surface area (Å²) in [6.07, 6.45) is 7.01. The number of likely N-dealkylation sites (tertiary alicyclic amines) is 1. The van der Waals surface area contributed by atoms with Crippen molar-refractivity contribution in [1.82, 2.24) is 9.97 Å². The largest absolute Gasteiger partial charge is 0.328 e. The SMILES string of the molecule is O=c1[nH]c(C[NH+]2CC[C@H]3CCCC[C@@H]3C2)nc2ccccc12. The van der Waals surface area contributed by atoms with Crippen LogP contribution in [0.2, 0.25) is 0 Å². The van der Waals surface area contributed by atoms with Crippen LogP contribution in [0.3, 0.4) is 0 Å². The van der Waals surface area contributed by atoms with Crippen LogP contribution in [0.25, 0.3) is 10.9 Å². The van der Waals surface area contributed by atoms with Crippen molar-refractivity contribution in [3.8, 4) is 0 Å². The molecular formula is C18H24N3O+. The quantitative estimate of drug-likeness (QED) is 0.883. The highest BCUT2D eigenvalue weighted by molar-refractivity contribution is 5.77. The van der Waals surface area contributed by atoms with Crippen molar-refractivity contribution in [3.05, 3.63) is 40.4 Å². The van der Waals surface area contributed by atoms with Gasteiger partial charge in [0, 0.05) is 5.92 Å². The molecule has 0 bridgehead atoms. The van der Waals surface area contributed by atoms with E-state index in [9.17, 15) is 4.79 Å². The van der Waals surface area contributed by atoms with Crippen LogP contribution >= 0.6 is 0 Å². The van der Waals surface area contributed by atoms with Crippen molar-refractivity contribution in [2.24, 2.45) is 11.8 Å². The van der Waals surface area contributed by atoms with Crippen molar-refractivity contribution in [3.63, 3.8) is 0 Å². The molecule has 2 heterocycles. The molecule has 2 aromatic rings. The molecule has 4 heteroatoms. The summed E-state index contributed by atoms with van der Waals surface area (Å²) in [7, 11) is 0. The maximum atomic E-state index is 12.2. The van der Waals surface area contributed by atoms with Crippen LogP contribution in [0.4, 0.5) is 0 Å². The molecule has 1 aliphatic heterocycles. The van der Waals surface area contributed by atoms with Gasteiger partial charge in [0.15, 0.2) is 5.82 Å². The fourth-order valence-corrected chi connectivity index (χ4v) is 4.41. The molecule has 4 rings (SSSR count). The molecular weight excluding hydrogens is 274 g/mol. The number of nitrogens with one attached hydrogen (secondary N) is 2. The Labute approximate surface area is 130 Å². The first-order valence-electron chi connectivity index (χ1n) is 8.61. The highest BCUT2D eigenvalue weighted by atomic mass is 16.1. The zero-order chi connectivity index (χ0) is 14.9. The highest BCUT2D eigenvalue weighted by Crippen LogP contribution is 2.32. The lowest BCUT2D eigenvalue weighted by Crippen LogP contribution is -3.12. The number of hydrogen-bond donors (Lipinski definition) is 2. The van der Waals surface area contributed by atoms with Gasteiger partial charge in [0.05, 0.1) is 24.0 Å². The molecule has 3 atom stereocenters. The molecule has 116 valence electrons. The third kappa shape index (κ3) is 2.68. The Kier molecular flexibility index (Phi) is 3.70. The van der Waals surface area contributed by atoms with Gasteiger partial charge in [-0.25, -0.2) is 4.98 Å². The molecule has 22 heavy (non-hydrogen) atoms. The number of piperidine rings is 1. The van der Waals surface area contributed by atoms with Gasteiger partial charge in [0.2, 0.25) is 0 Å². The van der Waals surface area contributed by atoms with Gasteiger partial charge in [0.25, 0.3) is 5.56 Å². The Morgan fingerprint density at radius 3 is 2.86 bits per heavy atom. The molecule has 1 aromatic heterocycles. The van der Waals surface area contributed by atoms with E-state index in [1.54, 1.807) is 4.90 Å². The molecule has 1 aromatic carbocycles. The van der Waals surface area contributed by atoms with Crippen LogP contribution in [0, 0.1) is 11.8 Å². The first-order valence-corrected chi connectivity index (χ1v) is 8.61. The second-order valence-electron chi connectivity index (χ2n) is 7.00. The van der Waals surface area contributed by atoms with Crippen LogP contribution in [0.15, 0.2) is 29.1 Å². The minimum Gasteiger partial charge on any atom is -0.328 e. The number of hydrogen-bond acceptors (Lipinski definition) is 2. The number of benzene rings is 1. The number of nitrogens with zero attached hydrogens (tertiary/aromatic N) is 1. The Bertz CT molecular complexity index is 724. The third-order valence-electron chi connectivity index (χ3n) is 5.57. The van der Waals surface area contributed by atoms with E-state index in [-0.39, 0.29) is 5.56 Å². The molecule has 1 saturated carbocycles. The molecule has 2 fully saturated rings. The molecule has 0 amide bonds. The van der Waals surface area contributed by atoms with Crippen LogP contribution in [-0.2, 0) is 6.54 Å². The fraction of sp³-hybridized carbons (Fsp3) is 0.556. The molecule has 1 aliphatic carbocycles. The Morgan fingerprint density at radius 1 is 1.14 bits per heavy atom. The van der Waals surface area contributed by atoms with Gasteiger partial charge in [-0.1, -0.05) is 25.0 Å². The summed E-state index contributed by atoms with van der Waals surface area (Å²) in [6, 6.07) is 7.60. The van der Waals surface area contributed by atoms with Crippen molar-refractivity contribution < 1.29 is 4.90 Å². The van der Waals surface area contributed by atoms with E-state index in [2.05, 4.69) is 9.97 Å². The molecule has 1 unspecified atom stereocenters. The first kappa shape index (κ1) is 13.9. The summed E-state index contributed by atoms with van der Waals surface area (Å²) >= 11 is 0. The van der Waals surface area contributed by atoms with E-state index in [0.29, 0.717) is 5.39 Å². The Balaban J connectivity index is 1.52. The average Bonchev–Trinajstić information content (AvgIpc) is 2.55. The minimum absolute atomic E-state index is 0.00690. The van der Waals surface area contributed by atoms with E-state index in [1.807, 2.05) is 24.3 Å². The Hall–Kier alpha value is -1.68. The minimum atomic E-state index is -0.00690. The van der Waals surface area contributed by atoms with Crippen molar-refractivity contribution in [2.75, 3.05) is 13.1 Å². The molecule has 4 nitrogen and oxygen atoms in total. The first-order chi connectivity index (χ1) is 10.8. The number of rotatable bonds is 2. The normalized spacial score (nSPS) is 28.5. The van der Waals surface area contributed by atoms with E-state index >= 15 is 0 Å². The highest BCUT2D eigenvalue weighted by Gasteiger charge is 2.33. The number of aromatic amines is 1.